The summed E-state index contributed by atoms with van der Waals surface area (Å²) in [4.78, 5) is 7.04. The van der Waals surface area contributed by atoms with E-state index < -0.39 is 0 Å². The number of nitrogens with zero attached hydrogens (tertiary/aromatic N) is 3. The minimum absolute atomic E-state index is 0.698. The quantitative estimate of drug-likeness (QED) is 0.637. The van der Waals surface area contributed by atoms with Crippen LogP contribution in [0, 0.1) is 0 Å². The lowest BCUT2D eigenvalue weighted by Crippen LogP contribution is -1.90. The Bertz CT molecular complexity index is 263. The van der Waals surface area contributed by atoms with E-state index >= 15 is 0 Å². The van der Waals surface area contributed by atoms with Gasteiger partial charge in [-0.15, -0.1) is 5.10 Å². The van der Waals surface area contributed by atoms with Gasteiger partial charge in [-0.2, -0.15) is 0 Å². The van der Waals surface area contributed by atoms with Crippen LogP contribution in [0.3, 0.4) is 0 Å². The van der Waals surface area contributed by atoms with Crippen LogP contribution in [0.4, 0.5) is 0 Å². The third-order valence-corrected chi connectivity index (χ3v) is 1.37. The Kier molecular flexibility index (Phi) is 1.40. The summed E-state index contributed by atoms with van der Waals surface area (Å²) >= 11 is 0. The van der Waals surface area contributed by atoms with Crippen molar-refractivity contribution in [3.63, 3.8) is 0 Å². The van der Waals surface area contributed by atoms with E-state index in [2.05, 4.69) is 25.4 Å². The predicted molar refractivity (Wildman–Crippen MR) is 37.8 cm³/mol. The second kappa shape index (κ2) is 2.53. The third-order valence-electron chi connectivity index (χ3n) is 1.37. The van der Waals surface area contributed by atoms with Crippen LogP contribution in [-0.4, -0.2) is 25.4 Å². The van der Waals surface area contributed by atoms with Crippen LogP contribution in [0.25, 0.3) is 0 Å². The highest BCUT2D eigenvalue weighted by Gasteiger charge is 1.98. The van der Waals surface area contributed by atoms with Crippen LogP contribution in [0.1, 0.15) is 11.5 Å². The maximum atomic E-state index is 4.05. The van der Waals surface area contributed by atoms with E-state index in [1.807, 2.05) is 0 Å². The fraction of sp³-hybridized carbons (Fsp3) is 0.167. The first-order chi connectivity index (χ1) is 5.45. The molecule has 0 bridgehead atoms. The van der Waals surface area contributed by atoms with E-state index in [0.29, 0.717) is 6.42 Å². The van der Waals surface area contributed by atoms with Gasteiger partial charge in [-0.3, -0.25) is 5.10 Å². The molecule has 0 amide bonds. The number of nitrogens with one attached hydrogen (secondary N) is 2. The zero-order valence-corrected chi connectivity index (χ0v) is 5.78. The lowest BCUT2D eigenvalue weighted by Gasteiger charge is -1.87. The summed E-state index contributed by atoms with van der Waals surface area (Å²) in [5.41, 5.74) is 0.889. The van der Waals surface area contributed by atoms with Crippen LogP contribution in [0.2, 0.25) is 0 Å². The topological polar surface area (TPSA) is 70.2 Å². The van der Waals surface area contributed by atoms with Crippen molar-refractivity contribution in [1.29, 1.82) is 0 Å². The first kappa shape index (κ1) is 6.09. The monoisotopic (exact) mass is 149 g/mol. The average molecular weight is 149 g/mol. The van der Waals surface area contributed by atoms with Gasteiger partial charge in [0.05, 0.1) is 12.1 Å². The van der Waals surface area contributed by atoms with Crippen molar-refractivity contribution in [2.75, 3.05) is 0 Å². The Balaban J connectivity index is 2.14. The molecule has 2 aromatic heterocycles. The third kappa shape index (κ3) is 1.26. The van der Waals surface area contributed by atoms with Crippen molar-refractivity contribution in [2.24, 2.45) is 0 Å². The molecule has 11 heavy (non-hydrogen) atoms. The lowest BCUT2D eigenvalue weighted by atomic mass is 10.3. The molecular weight excluding hydrogens is 142 g/mol. The number of hydrogen-bond acceptors (Lipinski definition) is 3. The lowest BCUT2D eigenvalue weighted by molar-refractivity contribution is 0.900. The van der Waals surface area contributed by atoms with E-state index in [4.69, 9.17) is 0 Å². The van der Waals surface area contributed by atoms with E-state index in [0.717, 1.165) is 11.5 Å². The van der Waals surface area contributed by atoms with E-state index in [1.165, 1.54) is 0 Å². The molecule has 5 nitrogen and oxygen atoms in total. The first-order valence-electron chi connectivity index (χ1n) is 3.29. The molecule has 0 aliphatic carbocycles. The van der Waals surface area contributed by atoms with Gasteiger partial charge in [0.15, 0.2) is 0 Å². The highest BCUT2D eigenvalue weighted by Crippen LogP contribution is 1.97. The van der Waals surface area contributed by atoms with E-state index in [9.17, 15) is 0 Å². The molecule has 0 aliphatic rings. The van der Waals surface area contributed by atoms with Gasteiger partial charge in [-0.05, 0) is 0 Å². The normalized spacial score (nSPS) is 10.2. The molecule has 0 aromatic carbocycles. The number of rotatable bonds is 2. The zero-order chi connectivity index (χ0) is 7.52. The number of aromatic amines is 2. The smallest absolute Gasteiger partial charge is 0.112 e. The molecule has 2 heterocycles. The Morgan fingerprint density at radius 3 is 3.09 bits per heavy atom. The van der Waals surface area contributed by atoms with Gasteiger partial charge in [0.1, 0.15) is 5.82 Å². The molecule has 56 valence electrons. The standard InChI is InChI=1S/C6H7N5/c1-2-8-6(7-1)3-5-4-9-11-10-5/h1-2,4H,3H2,(H,7,8)(H,9,10,11). The van der Waals surface area contributed by atoms with Gasteiger partial charge in [0, 0.05) is 18.6 Å². The van der Waals surface area contributed by atoms with Gasteiger partial charge < -0.3 is 4.98 Å². The Hall–Kier alpha value is -1.65. The second-order valence-electron chi connectivity index (χ2n) is 2.18. The summed E-state index contributed by atoms with van der Waals surface area (Å²) in [6, 6.07) is 0. The zero-order valence-electron chi connectivity index (χ0n) is 5.78. The summed E-state index contributed by atoms with van der Waals surface area (Å²) in [6.07, 6.45) is 5.96. The van der Waals surface area contributed by atoms with E-state index in [-0.39, 0.29) is 0 Å². The van der Waals surface area contributed by atoms with Gasteiger partial charge in [0.25, 0.3) is 0 Å². The summed E-state index contributed by atoms with van der Waals surface area (Å²) in [5.74, 6) is 0.902. The van der Waals surface area contributed by atoms with Crippen molar-refractivity contribution in [2.45, 2.75) is 6.42 Å². The molecule has 0 saturated heterocycles. The Morgan fingerprint density at radius 2 is 2.45 bits per heavy atom. The van der Waals surface area contributed by atoms with Crippen molar-refractivity contribution in [1.82, 2.24) is 25.4 Å². The molecule has 0 aliphatic heterocycles. The van der Waals surface area contributed by atoms with Crippen molar-refractivity contribution in [3.8, 4) is 0 Å². The summed E-state index contributed by atoms with van der Waals surface area (Å²) in [6.45, 7) is 0. The highest BCUT2D eigenvalue weighted by molar-refractivity contribution is 5.02. The number of hydrogen-bond donors (Lipinski definition) is 2. The molecule has 0 spiro atoms. The van der Waals surface area contributed by atoms with Gasteiger partial charge >= 0.3 is 0 Å². The maximum Gasteiger partial charge on any atom is 0.112 e. The highest BCUT2D eigenvalue weighted by atomic mass is 15.3. The molecular formula is C6H7N5. The average Bonchev–Trinajstić information content (AvgIpc) is 2.60. The molecule has 0 saturated carbocycles. The molecule has 0 radical (unpaired) electrons. The van der Waals surface area contributed by atoms with Crippen molar-refractivity contribution < 1.29 is 0 Å². The van der Waals surface area contributed by atoms with Gasteiger partial charge in [-0.1, -0.05) is 5.21 Å². The SMILES string of the molecule is c1c[nH]c(Cc2c[nH]nn2)n1. The summed E-state index contributed by atoms with van der Waals surface area (Å²) in [7, 11) is 0. The molecule has 2 rings (SSSR count). The van der Waals surface area contributed by atoms with Crippen molar-refractivity contribution >= 4 is 0 Å². The predicted octanol–water partition coefficient (Wildman–Crippen LogP) is 0.119. The fourth-order valence-corrected chi connectivity index (χ4v) is 0.878. The Labute approximate surface area is 62.9 Å². The minimum Gasteiger partial charge on any atom is -0.348 e. The first-order valence-corrected chi connectivity index (χ1v) is 3.29. The molecule has 2 N–H and O–H groups in total. The van der Waals surface area contributed by atoms with Crippen molar-refractivity contribution in [3.05, 3.63) is 30.1 Å². The molecule has 2 aromatic rings. The van der Waals surface area contributed by atoms with Crippen LogP contribution in [0.15, 0.2) is 18.6 Å². The summed E-state index contributed by atoms with van der Waals surface area (Å²) in [5, 5.41) is 10.1. The van der Waals surface area contributed by atoms with E-state index in [1.54, 1.807) is 18.6 Å². The number of aromatic nitrogens is 5. The summed E-state index contributed by atoms with van der Waals surface area (Å²) < 4.78 is 0. The molecule has 0 fully saturated rings. The second-order valence-corrected chi connectivity index (χ2v) is 2.18. The molecule has 5 heteroatoms. The van der Waals surface area contributed by atoms with Crippen LogP contribution < -0.4 is 0 Å². The molecule has 0 atom stereocenters. The minimum atomic E-state index is 0.698. The maximum absolute atomic E-state index is 4.05. The van der Waals surface area contributed by atoms with Gasteiger partial charge in [-0.25, -0.2) is 4.98 Å². The Morgan fingerprint density at radius 1 is 1.45 bits per heavy atom. The van der Waals surface area contributed by atoms with Crippen LogP contribution >= 0.6 is 0 Å². The number of H-pyrrole nitrogens is 2. The van der Waals surface area contributed by atoms with Gasteiger partial charge in [0.2, 0.25) is 0 Å². The van der Waals surface area contributed by atoms with Crippen LogP contribution in [0.5, 0.6) is 0 Å². The van der Waals surface area contributed by atoms with Crippen LogP contribution in [-0.2, 0) is 6.42 Å². The number of imidazole rings is 1. The molecule has 0 unspecified atom stereocenters. The fourth-order valence-electron chi connectivity index (χ4n) is 0.878. The largest absolute Gasteiger partial charge is 0.348 e.